The van der Waals surface area contributed by atoms with E-state index in [-0.39, 0.29) is 12.2 Å². The fraction of sp³-hybridized carbons (Fsp3) is 0.400. The smallest absolute Gasteiger partial charge is 0.391 e. The van der Waals surface area contributed by atoms with Crippen LogP contribution in [0.5, 0.6) is 0 Å². The lowest BCUT2D eigenvalue weighted by molar-refractivity contribution is -0.138. The standard InChI is InChI=1S/C15H16F3NO2/c1-11(10-15(16,17)18)19-14(21)13-7-5-12(6-8-13)4-2-3-9-20/h5-8,11,20H,3,9-10H2,1H3,(H,19,21). The molecule has 1 aromatic rings. The molecule has 6 heteroatoms. The molecule has 1 rings (SSSR count). The van der Waals surface area contributed by atoms with Gasteiger partial charge in [0.15, 0.2) is 0 Å². The molecule has 0 aliphatic rings. The van der Waals surface area contributed by atoms with E-state index in [0.717, 1.165) is 0 Å². The molecule has 1 unspecified atom stereocenters. The van der Waals surface area contributed by atoms with Crippen molar-refractivity contribution in [3.63, 3.8) is 0 Å². The Kier molecular flexibility index (Phi) is 6.25. The molecule has 114 valence electrons. The van der Waals surface area contributed by atoms with Gasteiger partial charge in [-0.1, -0.05) is 11.8 Å². The molecule has 0 saturated carbocycles. The van der Waals surface area contributed by atoms with Gasteiger partial charge in [-0.25, -0.2) is 0 Å². The second-order valence-corrected chi connectivity index (χ2v) is 4.55. The summed E-state index contributed by atoms with van der Waals surface area (Å²) in [6.07, 6.45) is -5.01. The fourth-order valence-electron chi connectivity index (χ4n) is 1.63. The highest BCUT2D eigenvalue weighted by molar-refractivity contribution is 5.94. The first-order valence-electron chi connectivity index (χ1n) is 6.39. The Morgan fingerprint density at radius 2 is 1.95 bits per heavy atom. The summed E-state index contributed by atoms with van der Waals surface area (Å²) in [6.45, 7) is 1.28. The molecule has 0 aromatic heterocycles. The summed E-state index contributed by atoms with van der Waals surface area (Å²) < 4.78 is 36.5. The Bertz CT molecular complexity index is 527. The van der Waals surface area contributed by atoms with Gasteiger partial charge in [0.25, 0.3) is 5.91 Å². The number of carbonyl (C=O) groups excluding carboxylic acids is 1. The molecule has 21 heavy (non-hydrogen) atoms. The third-order valence-corrected chi connectivity index (χ3v) is 2.53. The van der Waals surface area contributed by atoms with Crippen LogP contribution in [-0.2, 0) is 0 Å². The minimum absolute atomic E-state index is 0.0232. The number of amides is 1. The summed E-state index contributed by atoms with van der Waals surface area (Å²) in [6, 6.07) is 5.22. The van der Waals surface area contributed by atoms with Crippen LogP contribution in [0, 0.1) is 11.8 Å². The number of aliphatic hydroxyl groups is 1. The van der Waals surface area contributed by atoms with Gasteiger partial charge in [-0.15, -0.1) is 0 Å². The third kappa shape index (κ3) is 6.82. The molecular weight excluding hydrogens is 283 g/mol. The SMILES string of the molecule is CC(CC(F)(F)F)NC(=O)c1ccc(C#CCCO)cc1. The van der Waals surface area contributed by atoms with Crippen LogP contribution in [0.4, 0.5) is 13.2 Å². The summed E-state index contributed by atoms with van der Waals surface area (Å²) in [5.41, 5.74) is 0.945. The average Bonchev–Trinajstić information content (AvgIpc) is 2.37. The van der Waals surface area contributed by atoms with Crippen LogP contribution in [-0.4, -0.2) is 29.8 Å². The summed E-state index contributed by atoms with van der Waals surface area (Å²) in [7, 11) is 0. The van der Waals surface area contributed by atoms with E-state index in [0.29, 0.717) is 12.0 Å². The number of nitrogens with one attached hydrogen (secondary N) is 1. The van der Waals surface area contributed by atoms with Gasteiger partial charge in [0.05, 0.1) is 13.0 Å². The maximum absolute atomic E-state index is 12.2. The number of aliphatic hydroxyl groups excluding tert-OH is 1. The molecule has 1 amide bonds. The minimum atomic E-state index is -4.31. The van der Waals surface area contributed by atoms with E-state index in [1.165, 1.54) is 19.1 Å². The van der Waals surface area contributed by atoms with E-state index >= 15 is 0 Å². The van der Waals surface area contributed by atoms with Gasteiger partial charge >= 0.3 is 6.18 Å². The minimum Gasteiger partial charge on any atom is -0.395 e. The number of halogens is 3. The molecule has 0 heterocycles. The van der Waals surface area contributed by atoms with Crippen molar-refractivity contribution in [2.24, 2.45) is 0 Å². The summed E-state index contributed by atoms with van der Waals surface area (Å²) in [5.74, 6) is 4.97. The van der Waals surface area contributed by atoms with Gasteiger partial charge in [0.2, 0.25) is 0 Å². The Hall–Kier alpha value is -2.00. The van der Waals surface area contributed by atoms with Gasteiger partial charge in [-0.3, -0.25) is 4.79 Å². The predicted molar refractivity (Wildman–Crippen MR) is 72.6 cm³/mol. The van der Waals surface area contributed by atoms with E-state index in [1.54, 1.807) is 12.1 Å². The quantitative estimate of drug-likeness (QED) is 0.839. The fourth-order valence-corrected chi connectivity index (χ4v) is 1.63. The average molecular weight is 299 g/mol. The second kappa shape index (κ2) is 7.70. The zero-order valence-electron chi connectivity index (χ0n) is 11.5. The molecule has 0 fully saturated rings. The van der Waals surface area contributed by atoms with Crippen molar-refractivity contribution in [2.75, 3.05) is 6.61 Å². The van der Waals surface area contributed by atoms with Crippen LogP contribution in [0.1, 0.15) is 35.7 Å². The third-order valence-electron chi connectivity index (χ3n) is 2.53. The van der Waals surface area contributed by atoms with Crippen molar-refractivity contribution in [3.8, 4) is 11.8 Å². The molecule has 0 saturated heterocycles. The molecule has 1 atom stereocenters. The van der Waals surface area contributed by atoms with Crippen LogP contribution >= 0.6 is 0 Å². The van der Waals surface area contributed by atoms with Crippen molar-refractivity contribution in [2.45, 2.75) is 32.0 Å². The first-order chi connectivity index (χ1) is 9.81. The number of rotatable bonds is 4. The molecular formula is C15H16F3NO2. The summed E-state index contributed by atoms with van der Waals surface area (Å²) in [5, 5.41) is 10.9. The van der Waals surface area contributed by atoms with Crippen LogP contribution in [0.15, 0.2) is 24.3 Å². The van der Waals surface area contributed by atoms with Crippen molar-refractivity contribution < 1.29 is 23.1 Å². The highest BCUT2D eigenvalue weighted by Gasteiger charge is 2.30. The normalized spacial score (nSPS) is 12.2. The van der Waals surface area contributed by atoms with Crippen molar-refractivity contribution >= 4 is 5.91 Å². The molecule has 1 aromatic carbocycles. The molecule has 2 N–H and O–H groups in total. The van der Waals surface area contributed by atoms with E-state index in [2.05, 4.69) is 17.2 Å². The highest BCUT2D eigenvalue weighted by atomic mass is 19.4. The van der Waals surface area contributed by atoms with Crippen LogP contribution < -0.4 is 5.32 Å². The second-order valence-electron chi connectivity index (χ2n) is 4.55. The lowest BCUT2D eigenvalue weighted by Crippen LogP contribution is -2.35. The molecule has 0 bridgehead atoms. The zero-order valence-corrected chi connectivity index (χ0v) is 11.5. The summed E-state index contributed by atoms with van der Waals surface area (Å²) >= 11 is 0. The Balaban J connectivity index is 2.62. The molecule has 0 spiro atoms. The Labute approximate surface area is 121 Å². The highest BCUT2D eigenvalue weighted by Crippen LogP contribution is 2.21. The molecule has 0 aliphatic heterocycles. The first-order valence-corrected chi connectivity index (χ1v) is 6.39. The number of hydrogen-bond donors (Lipinski definition) is 2. The van der Waals surface area contributed by atoms with Gasteiger partial charge in [-0.05, 0) is 31.2 Å². The van der Waals surface area contributed by atoms with Crippen molar-refractivity contribution in [1.82, 2.24) is 5.32 Å². The van der Waals surface area contributed by atoms with Gasteiger partial charge in [-0.2, -0.15) is 13.2 Å². The molecule has 3 nitrogen and oxygen atoms in total. The maximum Gasteiger partial charge on any atom is 0.391 e. The maximum atomic E-state index is 12.2. The predicted octanol–water partition coefficient (Wildman–Crippen LogP) is 2.49. The molecule has 0 radical (unpaired) electrons. The van der Waals surface area contributed by atoms with Crippen LogP contribution in [0.2, 0.25) is 0 Å². The lowest BCUT2D eigenvalue weighted by atomic mass is 10.1. The van der Waals surface area contributed by atoms with Crippen LogP contribution in [0.3, 0.4) is 0 Å². The first kappa shape index (κ1) is 17.1. The topological polar surface area (TPSA) is 49.3 Å². The van der Waals surface area contributed by atoms with Crippen molar-refractivity contribution in [3.05, 3.63) is 35.4 Å². The van der Waals surface area contributed by atoms with Crippen LogP contribution in [0.25, 0.3) is 0 Å². The Morgan fingerprint density at radius 1 is 1.33 bits per heavy atom. The number of carbonyl (C=O) groups is 1. The number of alkyl halides is 3. The van der Waals surface area contributed by atoms with Gasteiger partial charge in [0.1, 0.15) is 0 Å². The summed E-state index contributed by atoms with van der Waals surface area (Å²) in [4.78, 5) is 11.8. The monoisotopic (exact) mass is 299 g/mol. The molecule has 0 aliphatic carbocycles. The van der Waals surface area contributed by atoms with E-state index in [9.17, 15) is 18.0 Å². The van der Waals surface area contributed by atoms with E-state index < -0.39 is 24.5 Å². The number of hydrogen-bond acceptors (Lipinski definition) is 2. The van der Waals surface area contributed by atoms with Crippen molar-refractivity contribution in [1.29, 1.82) is 0 Å². The van der Waals surface area contributed by atoms with Gasteiger partial charge < -0.3 is 10.4 Å². The largest absolute Gasteiger partial charge is 0.395 e. The number of benzene rings is 1. The lowest BCUT2D eigenvalue weighted by Gasteiger charge is -2.15. The Morgan fingerprint density at radius 3 is 2.48 bits per heavy atom. The zero-order chi connectivity index (χ0) is 15.9. The van der Waals surface area contributed by atoms with E-state index in [1.807, 2.05) is 0 Å². The van der Waals surface area contributed by atoms with Gasteiger partial charge in [0, 0.05) is 23.6 Å². The van der Waals surface area contributed by atoms with E-state index in [4.69, 9.17) is 5.11 Å².